The molecule has 4 nitrogen and oxygen atoms in total. The molecule has 21 heavy (non-hydrogen) atoms. The third kappa shape index (κ3) is 4.04. The first-order valence-corrected chi connectivity index (χ1v) is 7.10. The Labute approximate surface area is 124 Å². The Morgan fingerprint density at radius 2 is 1.90 bits per heavy atom. The van der Waals surface area contributed by atoms with Crippen LogP contribution in [-0.2, 0) is 0 Å². The van der Waals surface area contributed by atoms with Crippen LogP contribution in [0.15, 0.2) is 18.2 Å². The van der Waals surface area contributed by atoms with E-state index in [1.165, 1.54) is 0 Å². The number of hydrogen-bond acceptors (Lipinski definition) is 4. The molecule has 1 fully saturated rings. The fourth-order valence-corrected chi connectivity index (χ4v) is 2.73. The van der Waals surface area contributed by atoms with Crippen LogP contribution in [0.1, 0.15) is 18.0 Å². The van der Waals surface area contributed by atoms with Crippen molar-refractivity contribution in [3.05, 3.63) is 23.8 Å². The molecule has 1 aliphatic heterocycles. The third-order valence-corrected chi connectivity index (χ3v) is 3.79. The zero-order valence-corrected chi connectivity index (χ0v) is 12.4. The van der Waals surface area contributed by atoms with Gasteiger partial charge in [0, 0.05) is 50.3 Å². The predicted octanol–water partition coefficient (Wildman–Crippen LogP) is 2.31. The summed E-state index contributed by atoms with van der Waals surface area (Å²) in [5, 5.41) is 3.24. The van der Waals surface area contributed by atoms with E-state index in [9.17, 15) is 8.78 Å². The summed E-state index contributed by atoms with van der Waals surface area (Å²) < 4.78 is 36.5. The number of rotatable bonds is 6. The van der Waals surface area contributed by atoms with Crippen molar-refractivity contribution in [2.24, 2.45) is 0 Å². The molecule has 0 bridgehead atoms. The van der Waals surface area contributed by atoms with E-state index in [2.05, 4.69) is 10.2 Å². The highest BCUT2D eigenvalue weighted by molar-refractivity contribution is 5.42. The molecule has 6 heteroatoms. The summed E-state index contributed by atoms with van der Waals surface area (Å²) in [6.07, 6.45) is -2.54. The lowest BCUT2D eigenvalue weighted by Gasteiger charge is -2.35. The molecule has 1 aromatic carbocycles. The normalized spacial score (nSPS) is 17.8. The van der Waals surface area contributed by atoms with Crippen LogP contribution in [0.5, 0.6) is 11.5 Å². The molecule has 118 valence electrons. The lowest BCUT2D eigenvalue weighted by atomic mass is 10.00. The van der Waals surface area contributed by atoms with Crippen LogP contribution < -0.4 is 14.8 Å². The second-order valence-corrected chi connectivity index (χ2v) is 5.04. The Morgan fingerprint density at radius 3 is 2.48 bits per heavy atom. The van der Waals surface area contributed by atoms with Gasteiger partial charge in [-0.15, -0.1) is 0 Å². The van der Waals surface area contributed by atoms with E-state index >= 15 is 0 Å². The van der Waals surface area contributed by atoms with Crippen LogP contribution in [0, 0.1) is 0 Å². The number of nitrogens with zero attached hydrogens (tertiary/aromatic N) is 1. The van der Waals surface area contributed by atoms with E-state index < -0.39 is 6.43 Å². The van der Waals surface area contributed by atoms with Crippen LogP contribution in [0.25, 0.3) is 0 Å². The van der Waals surface area contributed by atoms with Crippen molar-refractivity contribution in [1.29, 1.82) is 0 Å². The highest BCUT2D eigenvalue weighted by Crippen LogP contribution is 2.36. The van der Waals surface area contributed by atoms with E-state index in [0.717, 1.165) is 31.7 Å². The number of nitrogens with one attached hydrogen (secondary N) is 1. The van der Waals surface area contributed by atoms with Gasteiger partial charge >= 0.3 is 0 Å². The Kier molecular flexibility index (Phi) is 5.76. The van der Waals surface area contributed by atoms with Gasteiger partial charge in [-0.1, -0.05) is 6.07 Å². The number of ether oxygens (including phenoxy) is 2. The van der Waals surface area contributed by atoms with E-state index in [-0.39, 0.29) is 12.5 Å². The first-order chi connectivity index (χ1) is 10.2. The minimum Gasteiger partial charge on any atom is -0.497 e. The van der Waals surface area contributed by atoms with Gasteiger partial charge in [-0.25, -0.2) is 8.78 Å². The van der Waals surface area contributed by atoms with Crippen LogP contribution in [0.4, 0.5) is 8.78 Å². The van der Waals surface area contributed by atoms with Crippen LogP contribution >= 0.6 is 0 Å². The molecule has 0 radical (unpaired) electrons. The lowest BCUT2D eigenvalue weighted by molar-refractivity contribution is 0.0729. The zero-order valence-electron chi connectivity index (χ0n) is 12.4. The Morgan fingerprint density at radius 1 is 1.19 bits per heavy atom. The molecule has 1 aromatic rings. The molecule has 1 atom stereocenters. The molecule has 0 spiro atoms. The molecule has 1 heterocycles. The maximum Gasteiger partial charge on any atom is 0.240 e. The van der Waals surface area contributed by atoms with Gasteiger partial charge in [0.2, 0.25) is 6.43 Å². The summed E-state index contributed by atoms with van der Waals surface area (Å²) in [7, 11) is 3.12. The number of alkyl halides is 2. The first kappa shape index (κ1) is 16.0. The van der Waals surface area contributed by atoms with Gasteiger partial charge < -0.3 is 14.8 Å². The monoisotopic (exact) mass is 300 g/mol. The maximum atomic E-state index is 13.0. The highest BCUT2D eigenvalue weighted by Gasteiger charge is 2.27. The van der Waals surface area contributed by atoms with Gasteiger partial charge in [-0.2, -0.15) is 0 Å². The lowest BCUT2D eigenvalue weighted by Crippen LogP contribution is -2.45. The summed E-state index contributed by atoms with van der Waals surface area (Å²) in [5.41, 5.74) is 0.792. The minimum absolute atomic E-state index is 0.192. The maximum absolute atomic E-state index is 13.0. The SMILES string of the molecule is COc1ccc([C@@H](CC(F)F)N2CCNCC2)c(OC)c1. The molecular formula is C15H22F2N2O2. The number of methoxy groups -OCH3 is 2. The second-order valence-electron chi connectivity index (χ2n) is 5.04. The molecule has 0 aromatic heterocycles. The predicted molar refractivity (Wildman–Crippen MR) is 77.4 cm³/mol. The summed E-state index contributed by atoms with van der Waals surface area (Å²) in [6, 6.07) is 5.02. The number of halogens is 2. The smallest absolute Gasteiger partial charge is 0.240 e. The zero-order chi connectivity index (χ0) is 15.2. The summed E-state index contributed by atoms with van der Waals surface area (Å²) in [4.78, 5) is 2.09. The number of hydrogen-bond donors (Lipinski definition) is 1. The van der Waals surface area contributed by atoms with Crippen molar-refractivity contribution in [2.45, 2.75) is 18.9 Å². The number of piperazine rings is 1. The molecule has 0 unspecified atom stereocenters. The topological polar surface area (TPSA) is 33.7 Å². The summed E-state index contributed by atoms with van der Waals surface area (Å²) in [5.74, 6) is 1.25. The molecule has 2 rings (SSSR count). The van der Waals surface area contributed by atoms with E-state index in [4.69, 9.17) is 9.47 Å². The molecule has 0 aliphatic carbocycles. The number of benzene rings is 1. The van der Waals surface area contributed by atoms with E-state index in [1.54, 1.807) is 26.4 Å². The van der Waals surface area contributed by atoms with Gasteiger partial charge in [-0.3, -0.25) is 4.90 Å². The van der Waals surface area contributed by atoms with Crippen LogP contribution in [-0.4, -0.2) is 51.7 Å². The van der Waals surface area contributed by atoms with Crippen molar-refractivity contribution in [2.75, 3.05) is 40.4 Å². The molecule has 0 amide bonds. The first-order valence-electron chi connectivity index (χ1n) is 7.10. The molecule has 1 N–H and O–H groups in total. The fraction of sp³-hybridized carbons (Fsp3) is 0.600. The van der Waals surface area contributed by atoms with Gasteiger partial charge in [0.25, 0.3) is 0 Å². The van der Waals surface area contributed by atoms with E-state index in [1.807, 2.05) is 6.07 Å². The second kappa shape index (κ2) is 7.56. The summed E-state index contributed by atoms with van der Waals surface area (Å²) >= 11 is 0. The Hall–Kier alpha value is -1.40. The van der Waals surface area contributed by atoms with Gasteiger partial charge in [0.05, 0.1) is 14.2 Å². The van der Waals surface area contributed by atoms with E-state index in [0.29, 0.717) is 11.5 Å². The van der Waals surface area contributed by atoms with Gasteiger partial charge in [0.15, 0.2) is 0 Å². The molecule has 1 saturated heterocycles. The molecule has 1 aliphatic rings. The van der Waals surface area contributed by atoms with Crippen molar-refractivity contribution >= 4 is 0 Å². The van der Waals surface area contributed by atoms with Crippen LogP contribution in [0.3, 0.4) is 0 Å². The molecular weight excluding hydrogens is 278 g/mol. The average Bonchev–Trinajstić information content (AvgIpc) is 2.52. The quantitative estimate of drug-likeness (QED) is 0.874. The summed E-state index contributed by atoms with van der Waals surface area (Å²) in [6.45, 7) is 3.15. The van der Waals surface area contributed by atoms with Gasteiger partial charge in [-0.05, 0) is 6.07 Å². The van der Waals surface area contributed by atoms with Crippen molar-refractivity contribution in [3.63, 3.8) is 0 Å². The van der Waals surface area contributed by atoms with Crippen molar-refractivity contribution < 1.29 is 18.3 Å². The van der Waals surface area contributed by atoms with Crippen molar-refractivity contribution in [1.82, 2.24) is 10.2 Å². The largest absolute Gasteiger partial charge is 0.497 e. The highest BCUT2D eigenvalue weighted by atomic mass is 19.3. The van der Waals surface area contributed by atoms with Crippen LogP contribution in [0.2, 0.25) is 0 Å². The fourth-order valence-electron chi connectivity index (χ4n) is 2.73. The van der Waals surface area contributed by atoms with Crippen molar-refractivity contribution in [3.8, 4) is 11.5 Å². The Balaban J connectivity index is 2.30. The Bertz CT molecular complexity index is 451. The minimum atomic E-state index is -2.35. The standard InChI is InChI=1S/C15H22F2N2O2/c1-20-11-3-4-12(14(9-11)21-2)13(10-15(16)17)19-7-5-18-6-8-19/h3-4,9,13,15,18H,5-8,10H2,1-2H3/t13-/m1/s1. The third-order valence-electron chi connectivity index (χ3n) is 3.79. The molecule has 0 saturated carbocycles. The average molecular weight is 300 g/mol. The van der Waals surface area contributed by atoms with Gasteiger partial charge in [0.1, 0.15) is 11.5 Å².